The first-order valence-corrected chi connectivity index (χ1v) is 10.5. The maximum Gasteiger partial charge on any atom is 0.408 e. The van der Waals surface area contributed by atoms with Crippen molar-refractivity contribution < 1.29 is 23.8 Å². The number of rotatable bonds is 9. The third-order valence-electron chi connectivity index (χ3n) is 5.32. The highest BCUT2D eigenvalue weighted by Crippen LogP contribution is 2.24. The van der Waals surface area contributed by atoms with Gasteiger partial charge in [0.2, 0.25) is 0 Å². The number of aryl methyl sites for hydroxylation is 2. The lowest BCUT2D eigenvalue weighted by atomic mass is 9.96. The summed E-state index contributed by atoms with van der Waals surface area (Å²) in [4.78, 5) is 24.6. The Morgan fingerprint density at radius 1 is 1.06 bits per heavy atom. The van der Waals surface area contributed by atoms with Crippen molar-refractivity contribution in [2.45, 2.75) is 65.7 Å². The van der Waals surface area contributed by atoms with E-state index in [0.717, 1.165) is 28.0 Å². The van der Waals surface area contributed by atoms with E-state index in [9.17, 15) is 9.59 Å². The molecule has 0 fully saturated rings. The van der Waals surface area contributed by atoms with Crippen LogP contribution < -0.4 is 10.1 Å². The Morgan fingerprint density at radius 3 is 2.23 bits per heavy atom. The van der Waals surface area contributed by atoms with E-state index in [-0.39, 0.29) is 0 Å². The van der Waals surface area contributed by atoms with Gasteiger partial charge in [-0.1, -0.05) is 37.3 Å². The van der Waals surface area contributed by atoms with E-state index in [1.54, 1.807) is 0 Å². The zero-order valence-corrected chi connectivity index (χ0v) is 19.3. The minimum Gasteiger partial charge on any atom is -0.489 e. The van der Waals surface area contributed by atoms with Crippen LogP contribution in [0.15, 0.2) is 42.5 Å². The highest BCUT2D eigenvalue weighted by Gasteiger charge is 2.27. The van der Waals surface area contributed by atoms with Gasteiger partial charge in [0.1, 0.15) is 24.0 Å². The monoisotopic (exact) mass is 427 g/mol. The van der Waals surface area contributed by atoms with E-state index in [0.29, 0.717) is 19.4 Å². The van der Waals surface area contributed by atoms with Crippen molar-refractivity contribution in [3.8, 4) is 5.75 Å². The lowest BCUT2D eigenvalue weighted by Gasteiger charge is -2.25. The largest absolute Gasteiger partial charge is 0.489 e. The number of esters is 1. The van der Waals surface area contributed by atoms with Crippen LogP contribution in [0.3, 0.4) is 0 Å². The van der Waals surface area contributed by atoms with Crippen molar-refractivity contribution in [2.75, 3.05) is 7.11 Å². The summed E-state index contributed by atoms with van der Waals surface area (Å²) in [6.45, 7) is 9.98. The number of carbonyl (C=O) groups excluding carboxylic acids is 2. The number of carbonyl (C=O) groups is 2. The average molecular weight is 428 g/mol. The van der Waals surface area contributed by atoms with E-state index >= 15 is 0 Å². The van der Waals surface area contributed by atoms with Crippen molar-refractivity contribution in [1.29, 1.82) is 0 Å². The number of amides is 1. The Kier molecular flexibility index (Phi) is 8.48. The predicted molar refractivity (Wildman–Crippen MR) is 120 cm³/mol. The molecule has 31 heavy (non-hydrogen) atoms. The summed E-state index contributed by atoms with van der Waals surface area (Å²) in [5.41, 5.74) is 3.37. The van der Waals surface area contributed by atoms with Gasteiger partial charge in [0.15, 0.2) is 0 Å². The first kappa shape index (κ1) is 24.3. The summed E-state index contributed by atoms with van der Waals surface area (Å²) in [5.74, 6) is 0.240. The standard InChI is InChI=1S/C25H33NO5/c1-7-25(4,5)31-24(28)26-22(23(27)29-6)15-21-17(2)13-20(14-18(21)3)30-16-19-11-9-8-10-12-19/h8-14,22H,7,15-16H2,1-6H3,(H,26,28)/t22-/m0/s1. The van der Waals surface area contributed by atoms with Gasteiger partial charge < -0.3 is 19.5 Å². The van der Waals surface area contributed by atoms with Gasteiger partial charge in [0.25, 0.3) is 0 Å². The molecule has 0 aliphatic carbocycles. The van der Waals surface area contributed by atoms with Gasteiger partial charge in [-0.15, -0.1) is 0 Å². The van der Waals surface area contributed by atoms with Crippen LogP contribution in [-0.4, -0.2) is 30.8 Å². The first-order chi connectivity index (χ1) is 14.6. The molecular formula is C25H33NO5. The zero-order valence-electron chi connectivity index (χ0n) is 19.3. The molecule has 0 radical (unpaired) electrons. The summed E-state index contributed by atoms with van der Waals surface area (Å²) in [6, 6.07) is 13.0. The van der Waals surface area contributed by atoms with E-state index < -0.39 is 23.7 Å². The summed E-state index contributed by atoms with van der Waals surface area (Å²) in [5, 5.41) is 2.66. The minimum atomic E-state index is -0.848. The van der Waals surface area contributed by atoms with Crippen molar-refractivity contribution in [1.82, 2.24) is 5.32 Å². The zero-order chi connectivity index (χ0) is 23.0. The van der Waals surface area contributed by atoms with Gasteiger partial charge in [0, 0.05) is 6.42 Å². The fourth-order valence-corrected chi connectivity index (χ4v) is 3.13. The van der Waals surface area contributed by atoms with Crippen molar-refractivity contribution in [3.63, 3.8) is 0 Å². The molecular weight excluding hydrogens is 394 g/mol. The van der Waals surface area contributed by atoms with E-state index in [1.807, 2.05) is 77.1 Å². The van der Waals surface area contributed by atoms with E-state index in [2.05, 4.69) is 5.32 Å². The fraction of sp³-hybridized carbons (Fsp3) is 0.440. The molecule has 168 valence electrons. The maximum atomic E-state index is 12.3. The summed E-state index contributed by atoms with van der Waals surface area (Å²) < 4.78 is 16.3. The Bertz CT molecular complexity index is 869. The number of methoxy groups -OCH3 is 1. The van der Waals surface area contributed by atoms with Gasteiger partial charge in [0.05, 0.1) is 7.11 Å². The molecule has 2 aromatic carbocycles. The highest BCUT2D eigenvalue weighted by molar-refractivity contribution is 5.81. The third-order valence-corrected chi connectivity index (χ3v) is 5.32. The third kappa shape index (κ3) is 7.31. The maximum absolute atomic E-state index is 12.3. The molecule has 0 bridgehead atoms. The lowest BCUT2D eigenvalue weighted by molar-refractivity contribution is -0.143. The second-order valence-electron chi connectivity index (χ2n) is 8.24. The number of benzene rings is 2. The Labute approximate surface area is 184 Å². The second-order valence-corrected chi connectivity index (χ2v) is 8.24. The highest BCUT2D eigenvalue weighted by atomic mass is 16.6. The Hall–Kier alpha value is -3.02. The van der Waals surface area contributed by atoms with Crippen LogP contribution in [0.25, 0.3) is 0 Å². The molecule has 0 aromatic heterocycles. The Morgan fingerprint density at radius 2 is 1.68 bits per heavy atom. The van der Waals surface area contributed by atoms with Crippen LogP contribution in [0.5, 0.6) is 5.75 Å². The molecule has 6 nitrogen and oxygen atoms in total. The first-order valence-electron chi connectivity index (χ1n) is 10.5. The number of alkyl carbamates (subject to hydrolysis) is 1. The smallest absolute Gasteiger partial charge is 0.408 e. The fourth-order valence-electron chi connectivity index (χ4n) is 3.13. The van der Waals surface area contributed by atoms with E-state index in [1.165, 1.54) is 7.11 Å². The lowest BCUT2D eigenvalue weighted by Crippen LogP contribution is -2.45. The summed E-state index contributed by atoms with van der Waals surface area (Å²) in [6.07, 6.45) is 0.317. The quantitative estimate of drug-likeness (QED) is 0.577. The number of hydrogen-bond acceptors (Lipinski definition) is 5. The van der Waals surface area contributed by atoms with Crippen molar-refractivity contribution >= 4 is 12.1 Å². The normalized spacial score (nSPS) is 12.1. The minimum absolute atomic E-state index is 0.297. The van der Waals surface area contributed by atoms with Crippen molar-refractivity contribution in [2.24, 2.45) is 0 Å². The van der Waals surface area contributed by atoms with Crippen LogP contribution in [-0.2, 0) is 27.3 Å². The topological polar surface area (TPSA) is 73.9 Å². The molecule has 6 heteroatoms. The number of hydrogen-bond donors (Lipinski definition) is 1. The molecule has 2 aromatic rings. The number of nitrogens with one attached hydrogen (secondary N) is 1. The van der Waals surface area contributed by atoms with Crippen LogP contribution in [0, 0.1) is 13.8 Å². The predicted octanol–water partition coefficient (Wildman–Crippen LogP) is 4.88. The Balaban J connectivity index is 2.13. The molecule has 0 heterocycles. The molecule has 0 unspecified atom stereocenters. The molecule has 0 spiro atoms. The second kappa shape index (κ2) is 10.8. The SMILES string of the molecule is CCC(C)(C)OC(=O)N[C@@H](Cc1c(C)cc(OCc2ccccc2)cc1C)C(=O)OC. The van der Waals surface area contributed by atoms with Crippen LogP contribution in [0.2, 0.25) is 0 Å². The van der Waals surface area contributed by atoms with Gasteiger partial charge in [-0.2, -0.15) is 0 Å². The number of ether oxygens (including phenoxy) is 3. The van der Waals surface area contributed by atoms with E-state index in [4.69, 9.17) is 14.2 Å². The molecule has 0 saturated heterocycles. The molecule has 0 saturated carbocycles. The van der Waals surface area contributed by atoms with Gasteiger partial charge in [-0.3, -0.25) is 0 Å². The average Bonchev–Trinajstić information content (AvgIpc) is 2.73. The molecule has 1 amide bonds. The molecule has 1 N–H and O–H groups in total. The van der Waals surface area contributed by atoms with Crippen LogP contribution >= 0.6 is 0 Å². The van der Waals surface area contributed by atoms with Crippen molar-refractivity contribution in [3.05, 3.63) is 64.7 Å². The van der Waals surface area contributed by atoms with Gasteiger partial charge >= 0.3 is 12.1 Å². The molecule has 0 aliphatic rings. The molecule has 2 rings (SSSR count). The van der Waals surface area contributed by atoms with Gasteiger partial charge in [-0.05, 0) is 68.5 Å². The van der Waals surface area contributed by atoms with Crippen LogP contribution in [0.1, 0.15) is 49.4 Å². The molecule has 0 aliphatic heterocycles. The van der Waals surface area contributed by atoms with Gasteiger partial charge in [-0.25, -0.2) is 9.59 Å². The summed E-state index contributed by atoms with van der Waals surface area (Å²) >= 11 is 0. The molecule has 1 atom stereocenters. The summed E-state index contributed by atoms with van der Waals surface area (Å²) in [7, 11) is 1.30. The van der Waals surface area contributed by atoms with Crippen LogP contribution in [0.4, 0.5) is 4.79 Å².